The van der Waals surface area contributed by atoms with Crippen LogP contribution < -0.4 is 4.48 Å². The highest BCUT2D eigenvalue weighted by Gasteiger charge is 2.43. The van der Waals surface area contributed by atoms with Gasteiger partial charge in [-0.05, 0) is 29.8 Å². The predicted molar refractivity (Wildman–Crippen MR) is 101 cm³/mol. The third-order valence-electron chi connectivity index (χ3n) is 4.38. The van der Waals surface area contributed by atoms with Crippen molar-refractivity contribution in [1.29, 1.82) is 0 Å². The molecule has 130 valence electrons. The summed E-state index contributed by atoms with van der Waals surface area (Å²) in [6.45, 7) is 0. The lowest BCUT2D eigenvalue weighted by molar-refractivity contribution is -0.163. The standard InChI is InChI=1S/C20H24N3O2/c1-23(2,3)17-12-8-9-15-13-14-20(24,25-4)19(18(15)17)22-21-16-10-6-5-7-11-16/h5-14,19,24H,1-4H3/q+1. The van der Waals surface area contributed by atoms with Gasteiger partial charge in [-0.15, -0.1) is 0 Å². The van der Waals surface area contributed by atoms with E-state index in [4.69, 9.17) is 4.74 Å². The van der Waals surface area contributed by atoms with Crippen LogP contribution in [0.15, 0.2) is 64.8 Å². The highest BCUT2D eigenvalue weighted by atomic mass is 16.6. The fourth-order valence-electron chi connectivity index (χ4n) is 3.04. The maximum Gasteiger partial charge on any atom is 0.214 e. The number of methoxy groups -OCH3 is 1. The summed E-state index contributed by atoms with van der Waals surface area (Å²) in [4.78, 5) is 0. The smallest absolute Gasteiger partial charge is 0.214 e. The number of aliphatic hydroxyl groups is 1. The molecule has 0 saturated heterocycles. The Bertz CT molecular complexity index is 809. The lowest BCUT2D eigenvalue weighted by atomic mass is 9.86. The number of nitrogens with zero attached hydrogens (tertiary/aromatic N) is 3. The van der Waals surface area contributed by atoms with E-state index in [-0.39, 0.29) is 0 Å². The third-order valence-corrected chi connectivity index (χ3v) is 4.38. The number of quaternary nitrogens is 1. The highest BCUT2D eigenvalue weighted by Crippen LogP contribution is 2.44. The molecule has 1 aliphatic carbocycles. The SMILES string of the molecule is COC1(O)C=Cc2cccc([N+](C)(C)C)c2C1N=Nc1ccccc1. The summed E-state index contributed by atoms with van der Waals surface area (Å²) in [5.74, 6) is -1.53. The minimum atomic E-state index is -1.53. The van der Waals surface area contributed by atoms with Crippen LogP contribution in [0.2, 0.25) is 0 Å². The molecule has 3 rings (SSSR count). The van der Waals surface area contributed by atoms with Gasteiger partial charge >= 0.3 is 0 Å². The Morgan fingerprint density at radius 2 is 1.76 bits per heavy atom. The van der Waals surface area contributed by atoms with Crippen molar-refractivity contribution >= 4 is 17.5 Å². The second kappa shape index (κ2) is 6.52. The van der Waals surface area contributed by atoms with Crippen LogP contribution >= 0.6 is 0 Å². The van der Waals surface area contributed by atoms with Crippen molar-refractivity contribution in [3.63, 3.8) is 0 Å². The van der Waals surface area contributed by atoms with Gasteiger partial charge in [0.2, 0.25) is 5.79 Å². The van der Waals surface area contributed by atoms with E-state index in [0.29, 0.717) is 4.48 Å². The summed E-state index contributed by atoms with van der Waals surface area (Å²) >= 11 is 0. The molecule has 2 aromatic rings. The zero-order valence-electron chi connectivity index (χ0n) is 15.0. The molecule has 0 aliphatic heterocycles. The molecule has 0 fully saturated rings. The molecule has 1 aliphatic rings. The Morgan fingerprint density at radius 3 is 2.40 bits per heavy atom. The molecule has 5 heteroatoms. The molecular weight excluding hydrogens is 314 g/mol. The first-order valence-electron chi connectivity index (χ1n) is 8.23. The van der Waals surface area contributed by atoms with Gasteiger partial charge in [-0.2, -0.15) is 10.2 Å². The summed E-state index contributed by atoms with van der Waals surface area (Å²) in [6, 6.07) is 14.9. The average Bonchev–Trinajstić information content (AvgIpc) is 2.60. The zero-order valence-corrected chi connectivity index (χ0v) is 15.0. The van der Waals surface area contributed by atoms with E-state index < -0.39 is 11.8 Å². The summed E-state index contributed by atoms with van der Waals surface area (Å²) in [7, 11) is 7.75. The van der Waals surface area contributed by atoms with E-state index in [9.17, 15) is 5.11 Å². The Hall–Kier alpha value is -2.34. The van der Waals surface area contributed by atoms with Gasteiger partial charge in [0.1, 0.15) is 5.69 Å². The number of fused-ring (bicyclic) bond motifs is 1. The van der Waals surface area contributed by atoms with E-state index >= 15 is 0 Å². The van der Waals surface area contributed by atoms with Gasteiger partial charge in [-0.1, -0.05) is 36.4 Å². The van der Waals surface area contributed by atoms with Crippen LogP contribution in [0.1, 0.15) is 17.2 Å². The van der Waals surface area contributed by atoms with Gasteiger partial charge in [0, 0.05) is 7.11 Å². The van der Waals surface area contributed by atoms with Crippen molar-refractivity contribution in [1.82, 2.24) is 4.48 Å². The number of hydrogen-bond acceptors (Lipinski definition) is 4. The number of hydrogen-bond donors (Lipinski definition) is 1. The third kappa shape index (κ3) is 3.39. The molecule has 0 radical (unpaired) electrons. The van der Waals surface area contributed by atoms with E-state index in [0.717, 1.165) is 22.5 Å². The van der Waals surface area contributed by atoms with Gasteiger partial charge < -0.3 is 9.84 Å². The minimum Gasteiger partial charge on any atom is -0.360 e. The van der Waals surface area contributed by atoms with Crippen molar-refractivity contribution in [2.24, 2.45) is 10.2 Å². The van der Waals surface area contributed by atoms with Crippen molar-refractivity contribution in [2.45, 2.75) is 11.8 Å². The molecule has 2 aromatic carbocycles. The average molecular weight is 338 g/mol. The van der Waals surface area contributed by atoms with Crippen molar-refractivity contribution in [2.75, 3.05) is 28.3 Å². The summed E-state index contributed by atoms with van der Waals surface area (Å²) in [5, 5.41) is 19.8. The first-order chi connectivity index (χ1) is 11.8. The first-order valence-corrected chi connectivity index (χ1v) is 8.23. The zero-order chi connectivity index (χ0) is 18.1. The topological polar surface area (TPSA) is 54.2 Å². The van der Waals surface area contributed by atoms with Gasteiger partial charge in [0.05, 0.1) is 32.4 Å². The van der Waals surface area contributed by atoms with Gasteiger partial charge in [-0.3, -0.25) is 4.48 Å². The monoisotopic (exact) mass is 338 g/mol. The maximum absolute atomic E-state index is 11.0. The van der Waals surface area contributed by atoms with Crippen LogP contribution in [0.4, 0.5) is 11.4 Å². The molecule has 0 heterocycles. The number of ether oxygens (including phenoxy) is 1. The Morgan fingerprint density at radius 1 is 1.04 bits per heavy atom. The molecule has 0 bridgehead atoms. The molecule has 0 aromatic heterocycles. The van der Waals surface area contributed by atoms with Crippen LogP contribution in [-0.4, -0.2) is 39.1 Å². The van der Waals surface area contributed by atoms with Crippen LogP contribution in [0.25, 0.3) is 6.08 Å². The van der Waals surface area contributed by atoms with E-state index in [2.05, 4.69) is 37.4 Å². The lowest BCUT2D eigenvalue weighted by Gasteiger charge is -2.36. The molecule has 0 amide bonds. The second-order valence-electron chi connectivity index (χ2n) is 7.04. The van der Waals surface area contributed by atoms with Crippen LogP contribution in [0, 0.1) is 0 Å². The Kier molecular flexibility index (Phi) is 4.56. The van der Waals surface area contributed by atoms with Gasteiger partial charge in [0.15, 0.2) is 6.04 Å². The van der Waals surface area contributed by atoms with Crippen LogP contribution in [0.5, 0.6) is 0 Å². The summed E-state index contributed by atoms with van der Waals surface area (Å²) < 4.78 is 6.02. The molecule has 25 heavy (non-hydrogen) atoms. The Labute approximate surface area is 148 Å². The van der Waals surface area contributed by atoms with Gasteiger partial charge in [0.25, 0.3) is 0 Å². The molecule has 0 saturated carbocycles. The maximum atomic E-state index is 11.0. The quantitative estimate of drug-likeness (QED) is 0.519. The molecule has 0 spiro atoms. The van der Waals surface area contributed by atoms with E-state index in [1.165, 1.54) is 7.11 Å². The number of benzene rings is 2. The molecule has 1 N–H and O–H groups in total. The number of azo groups is 1. The normalized spacial score (nSPS) is 23.0. The first kappa shape index (κ1) is 17.5. The molecule has 5 nitrogen and oxygen atoms in total. The minimum absolute atomic E-state index is 0.605. The second-order valence-corrected chi connectivity index (χ2v) is 7.04. The van der Waals surface area contributed by atoms with Crippen LogP contribution in [-0.2, 0) is 4.74 Å². The Balaban J connectivity index is 2.15. The van der Waals surface area contributed by atoms with E-state index in [1.807, 2.05) is 48.5 Å². The highest BCUT2D eigenvalue weighted by molar-refractivity contribution is 5.68. The number of rotatable bonds is 4. The molecule has 2 atom stereocenters. The van der Waals surface area contributed by atoms with Crippen molar-refractivity contribution in [3.8, 4) is 0 Å². The van der Waals surface area contributed by atoms with Crippen LogP contribution in [0.3, 0.4) is 0 Å². The fourth-order valence-corrected chi connectivity index (χ4v) is 3.04. The van der Waals surface area contributed by atoms with Crippen molar-refractivity contribution in [3.05, 3.63) is 65.7 Å². The summed E-state index contributed by atoms with van der Waals surface area (Å²) in [5.41, 5.74) is 3.75. The molecular formula is C20H24N3O2+. The summed E-state index contributed by atoms with van der Waals surface area (Å²) in [6.07, 6.45) is 3.52. The fraction of sp³-hybridized carbons (Fsp3) is 0.300. The predicted octanol–water partition coefficient (Wildman–Crippen LogP) is 4.07. The van der Waals surface area contributed by atoms with Gasteiger partial charge in [-0.25, -0.2) is 0 Å². The largest absolute Gasteiger partial charge is 0.360 e. The molecule has 2 unspecified atom stereocenters. The van der Waals surface area contributed by atoms with Crippen molar-refractivity contribution < 1.29 is 9.84 Å². The van der Waals surface area contributed by atoms with E-state index in [1.54, 1.807) is 6.08 Å². The lowest BCUT2D eigenvalue weighted by Crippen LogP contribution is -2.41.